The lowest BCUT2D eigenvalue weighted by molar-refractivity contribution is 0.0754. The molecule has 4 nitrogen and oxygen atoms in total. The van der Waals surface area contributed by atoms with E-state index in [1.807, 2.05) is 13.8 Å². The van der Waals surface area contributed by atoms with Crippen LogP contribution in [-0.4, -0.2) is 29.8 Å². The molecule has 0 spiro atoms. The Morgan fingerprint density at radius 1 is 1.12 bits per heavy atom. The minimum absolute atomic E-state index is 0.00506. The number of amides is 2. The zero-order valence-corrected chi connectivity index (χ0v) is 14.7. The van der Waals surface area contributed by atoms with Crippen LogP contribution in [-0.2, 0) is 0 Å². The third-order valence-electron chi connectivity index (χ3n) is 3.73. The molecule has 1 N–H and O–H groups in total. The van der Waals surface area contributed by atoms with E-state index >= 15 is 0 Å². The zero-order chi connectivity index (χ0) is 18.7. The molecular weight excluding hydrogens is 350 g/mol. The maximum Gasteiger partial charge on any atom is 0.258 e. The van der Waals surface area contributed by atoms with Crippen LogP contribution in [0.2, 0.25) is 5.02 Å². The van der Waals surface area contributed by atoms with Crippen molar-refractivity contribution in [1.29, 1.82) is 0 Å². The first-order valence-corrected chi connectivity index (χ1v) is 7.91. The predicted molar refractivity (Wildman–Crippen MR) is 93.0 cm³/mol. The first-order valence-electron chi connectivity index (χ1n) is 7.53. The summed E-state index contributed by atoms with van der Waals surface area (Å²) in [6, 6.07) is 7.07. The lowest BCUT2D eigenvalue weighted by Crippen LogP contribution is -2.33. The molecular formula is C18H17ClF2N2O2. The van der Waals surface area contributed by atoms with Gasteiger partial charge in [0.2, 0.25) is 0 Å². The van der Waals surface area contributed by atoms with E-state index in [-0.39, 0.29) is 28.2 Å². The Labute approximate surface area is 149 Å². The Kier molecular flexibility index (Phi) is 5.74. The molecule has 0 saturated carbocycles. The van der Waals surface area contributed by atoms with Crippen LogP contribution in [0.4, 0.5) is 14.5 Å². The molecule has 0 aliphatic heterocycles. The molecule has 2 amide bonds. The molecule has 0 atom stereocenters. The van der Waals surface area contributed by atoms with Gasteiger partial charge < -0.3 is 10.2 Å². The van der Waals surface area contributed by atoms with E-state index in [1.54, 1.807) is 7.05 Å². The zero-order valence-electron chi connectivity index (χ0n) is 13.9. The number of nitrogens with one attached hydrogen (secondary N) is 1. The first-order chi connectivity index (χ1) is 11.7. The van der Waals surface area contributed by atoms with Gasteiger partial charge in [0.25, 0.3) is 11.8 Å². The number of rotatable bonds is 4. The monoisotopic (exact) mass is 366 g/mol. The van der Waals surface area contributed by atoms with Crippen molar-refractivity contribution in [3.8, 4) is 0 Å². The van der Waals surface area contributed by atoms with Gasteiger partial charge in [-0.1, -0.05) is 11.6 Å². The summed E-state index contributed by atoms with van der Waals surface area (Å²) in [5, 5.41) is 2.64. The van der Waals surface area contributed by atoms with E-state index in [9.17, 15) is 18.4 Å². The molecule has 0 aliphatic carbocycles. The highest BCUT2D eigenvalue weighted by Gasteiger charge is 2.18. The Bertz CT molecular complexity index is 825. The molecule has 7 heteroatoms. The standard InChI is InChI=1S/C18H17ClF2N2O2/c1-10(2)23(3)18(25)11-4-7-14(19)16(8-11)22-17(24)13-6-5-12(20)9-15(13)21/h4-10H,1-3H3,(H,22,24). The fourth-order valence-corrected chi connectivity index (χ4v) is 2.22. The smallest absolute Gasteiger partial charge is 0.258 e. The highest BCUT2D eigenvalue weighted by Crippen LogP contribution is 2.25. The summed E-state index contributed by atoms with van der Waals surface area (Å²) in [6.07, 6.45) is 0. The molecule has 132 valence electrons. The van der Waals surface area contributed by atoms with Crippen LogP contribution in [0, 0.1) is 11.6 Å². The first kappa shape index (κ1) is 18.9. The number of benzene rings is 2. The summed E-state index contributed by atoms with van der Waals surface area (Å²) < 4.78 is 26.7. The molecule has 2 aromatic carbocycles. The molecule has 0 heterocycles. The van der Waals surface area contributed by atoms with Gasteiger partial charge >= 0.3 is 0 Å². The van der Waals surface area contributed by atoms with Crippen molar-refractivity contribution in [3.63, 3.8) is 0 Å². The number of anilines is 1. The fourth-order valence-electron chi connectivity index (χ4n) is 2.06. The number of carbonyl (C=O) groups is 2. The van der Waals surface area contributed by atoms with Gasteiger partial charge in [-0.15, -0.1) is 0 Å². The molecule has 2 rings (SSSR count). The summed E-state index contributed by atoms with van der Waals surface area (Å²) in [4.78, 5) is 26.1. The summed E-state index contributed by atoms with van der Waals surface area (Å²) in [5.41, 5.74) is 0.169. The van der Waals surface area contributed by atoms with Crippen molar-refractivity contribution < 1.29 is 18.4 Å². The Balaban J connectivity index is 2.29. The van der Waals surface area contributed by atoms with Gasteiger partial charge in [0, 0.05) is 24.7 Å². The van der Waals surface area contributed by atoms with Crippen LogP contribution in [0.3, 0.4) is 0 Å². The van der Waals surface area contributed by atoms with Crippen molar-refractivity contribution in [3.05, 3.63) is 64.2 Å². The molecule has 2 aromatic rings. The van der Waals surface area contributed by atoms with E-state index in [2.05, 4.69) is 5.32 Å². The second-order valence-electron chi connectivity index (χ2n) is 5.78. The lowest BCUT2D eigenvalue weighted by Gasteiger charge is -2.22. The number of carbonyl (C=O) groups excluding carboxylic acids is 2. The van der Waals surface area contributed by atoms with E-state index in [4.69, 9.17) is 11.6 Å². The van der Waals surface area contributed by atoms with Crippen molar-refractivity contribution in [2.75, 3.05) is 12.4 Å². The van der Waals surface area contributed by atoms with Gasteiger partial charge in [0.1, 0.15) is 11.6 Å². The Morgan fingerprint density at radius 2 is 1.80 bits per heavy atom. The molecule has 0 aliphatic rings. The Morgan fingerprint density at radius 3 is 2.40 bits per heavy atom. The second-order valence-corrected chi connectivity index (χ2v) is 6.19. The van der Waals surface area contributed by atoms with Crippen LogP contribution in [0.1, 0.15) is 34.6 Å². The van der Waals surface area contributed by atoms with Gasteiger partial charge in [-0.2, -0.15) is 0 Å². The van der Waals surface area contributed by atoms with Crippen LogP contribution in [0.5, 0.6) is 0 Å². The molecule has 0 unspecified atom stereocenters. The predicted octanol–water partition coefficient (Wildman–Crippen LogP) is 4.35. The minimum atomic E-state index is -0.986. The maximum atomic E-state index is 13.7. The van der Waals surface area contributed by atoms with E-state index in [0.717, 1.165) is 12.1 Å². The molecule has 25 heavy (non-hydrogen) atoms. The molecule has 0 bridgehead atoms. The SMILES string of the molecule is CC(C)N(C)C(=O)c1ccc(Cl)c(NC(=O)c2ccc(F)cc2F)c1. The molecule has 0 radical (unpaired) electrons. The van der Waals surface area contributed by atoms with Crippen LogP contribution in [0.15, 0.2) is 36.4 Å². The number of nitrogens with zero attached hydrogens (tertiary/aromatic N) is 1. The third-order valence-corrected chi connectivity index (χ3v) is 4.06. The van der Waals surface area contributed by atoms with Crippen molar-refractivity contribution in [2.45, 2.75) is 19.9 Å². The topological polar surface area (TPSA) is 49.4 Å². The average Bonchev–Trinajstić information content (AvgIpc) is 2.55. The largest absolute Gasteiger partial charge is 0.339 e. The molecule has 0 saturated heterocycles. The normalized spacial score (nSPS) is 10.7. The maximum absolute atomic E-state index is 13.7. The third kappa shape index (κ3) is 4.33. The Hall–Kier alpha value is -2.47. The van der Waals surface area contributed by atoms with Gasteiger partial charge in [0.05, 0.1) is 16.3 Å². The summed E-state index contributed by atoms with van der Waals surface area (Å²) in [6.45, 7) is 3.74. The second kappa shape index (κ2) is 7.61. The van der Waals surface area contributed by atoms with Crippen LogP contribution < -0.4 is 5.32 Å². The van der Waals surface area contributed by atoms with Crippen LogP contribution in [0.25, 0.3) is 0 Å². The number of hydrogen-bond acceptors (Lipinski definition) is 2. The lowest BCUT2D eigenvalue weighted by atomic mass is 10.1. The van der Waals surface area contributed by atoms with Gasteiger partial charge in [-0.05, 0) is 44.2 Å². The van der Waals surface area contributed by atoms with Gasteiger partial charge in [-0.25, -0.2) is 8.78 Å². The van der Waals surface area contributed by atoms with Crippen LogP contribution >= 0.6 is 11.6 Å². The summed E-state index contributed by atoms with van der Waals surface area (Å²) >= 11 is 6.05. The average molecular weight is 367 g/mol. The van der Waals surface area contributed by atoms with E-state index in [0.29, 0.717) is 11.6 Å². The summed E-state index contributed by atoms with van der Waals surface area (Å²) in [5.74, 6) is -2.80. The van der Waals surface area contributed by atoms with Gasteiger partial charge in [-0.3, -0.25) is 9.59 Å². The number of halogens is 3. The van der Waals surface area contributed by atoms with Crippen molar-refractivity contribution in [2.24, 2.45) is 0 Å². The van der Waals surface area contributed by atoms with Crippen molar-refractivity contribution in [1.82, 2.24) is 4.90 Å². The minimum Gasteiger partial charge on any atom is -0.339 e. The molecule has 0 fully saturated rings. The number of hydrogen-bond donors (Lipinski definition) is 1. The highest BCUT2D eigenvalue weighted by molar-refractivity contribution is 6.34. The van der Waals surface area contributed by atoms with E-state index in [1.165, 1.54) is 23.1 Å². The van der Waals surface area contributed by atoms with E-state index < -0.39 is 17.5 Å². The van der Waals surface area contributed by atoms with Crippen molar-refractivity contribution >= 4 is 29.1 Å². The summed E-state index contributed by atoms with van der Waals surface area (Å²) in [7, 11) is 1.66. The fraction of sp³-hybridized carbons (Fsp3) is 0.222. The quantitative estimate of drug-likeness (QED) is 0.874. The highest BCUT2D eigenvalue weighted by atomic mass is 35.5. The molecule has 0 aromatic heterocycles. The van der Waals surface area contributed by atoms with Gasteiger partial charge in [0.15, 0.2) is 0 Å².